The molecular weight excluding hydrogens is 309 g/mol. The standard InChI is InChI=1S/C15H16FNO2S2/c1-4-20-10-7-5-6-9(16)12(10)13-17-11(8-21-13)15(2,3)14(18)19/h5-8H,4H2,1-3H3,(H,18,19). The molecule has 0 spiro atoms. The maximum atomic E-state index is 14.2. The van der Waals surface area contributed by atoms with Crippen LogP contribution in [-0.2, 0) is 10.2 Å². The molecule has 0 aliphatic carbocycles. The third-order valence-corrected chi connectivity index (χ3v) is 4.97. The van der Waals surface area contributed by atoms with Gasteiger partial charge in [0.15, 0.2) is 0 Å². The van der Waals surface area contributed by atoms with Gasteiger partial charge in [0, 0.05) is 10.3 Å². The van der Waals surface area contributed by atoms with Gasteiger partial charge in [-0.05, 0) is 31.7 Å². The maximum Gasteiger partial charge on any atom is 0.315 e. The second kappa shape index (κ2) is 6.15. The fourth-order valence-corrected chi connectivity index (χ4v) is 3.71. The van der Waals surface area contributed by atoms with Crippen molar-refractivity contribution in [3.8, 4) is 10.6 Å². The third-order valence-electron chi connectivity index (χ3n) is 3.17. The van der Waals surface area contributed by atoms with Crippen molar-refractivity contribution in [2.24, 2.45) is 0 Å². The van der Waals surface area contributed by atoms with E-state index < -0.39 is 11.4 Å². The number of carboxylic acid groups (broad SMARTS) is 1. The highest BCUT2D eigenvalue weighted by molar-refractivity contribution is 7.99. The number of hydrogen-bond acceptors (Lipinski definition) is 4. The highest BCUT2D eigenvalue weighted by Crippen LogP contribution is 2.37. The molecule has 1 heterocycles. The van der Waals surface area contributed by atoms with Crippen LogP contribution in [0.4, 0.5) is 4.39 Å². The van der Waals surface area contributed by atoms with Gasteiger partial charge in [0.1, 0.15) is 16.2 Å². The van der Waals surface area contributed by atoms with Gasteiger partial charge >= 0.3 is 5.97 Å². The molecule has 112 valence electrons. The molecule has 2 aromatic rings. The number of thioether (sulfide) groups is 1. The van der Waals surface area contributed by atoms with Gasteiger partial charge in [0.25, 0.3) is 0 Å². The Bertz CT molecular complexity index is 667. The Labute approximate surface area is 131 Å². The highest BCUT2D eigenvalue weighted by atomic mass is 32.2. The van der Waals surface area contributed by atoms with Crippen molar-refractivity contribution >= 4 is 29.1 Å². The molecule has 1 aromatic heterocycles. The molecule has 0 saturated carbocycles. The topological polar surface area (TPSA) is 50.2 Å². The molecule has 1 N–H and O–H groups in total. The van der Waals surface area contributed by atoms with Gasteiger partial charge in [-0.25, -0.2) is 9.37 Å². The Morgan fingerprint density at radius 1 is 1.48 bits per heavy atom. The molecular formula is C15H16FNO2S2. The second-order valence-corrected chi connectivity index (χ2v) is 7.18. The van der Waals surface area contributed by atoms with Crippen LogP contribution in [0.5, 0.6) is 0 Å². The maximum absolute atomic E-state index is 14.2. The van der Waals surface area contributed by atoms with Gasteiger partial charge in [-0.1, -0.05) is 13.0 Å². The number of carboxylic acids is 1. The van der Waals surface area contributed by atoms with Crippen LogP contribution in [0.15, 0.2) is 28.5 Å². The van der Waals surface area contributed by atoms with E-state index >= 15 is 0 Å². The minimum atomic E-state index is -1.09. The summed E-state index contributed by atoms with van der Waals surface area (Å²) < 4.78 is 14.2. The molecule has 0 aliphatic rings. The van der Waals surface area contributed by atoms with Crippen LogP contribution in [0.2, 0.25) is 0 Å². The van der Waals surface area contributed by atoms with Crippen molar-refractivity contribution < 1.29 is 14.3 Å². The number of hydrogen-bond donors (Lipinski definition) is 1. The van der Waals surface area contributed by atoms with Crippen LogP contribution in [0.25, 0.3) is 10.6 Å². The highest BCUT2D eigenvalue weighted by Gasteiger charge is 2.32. The predicted octanol–water partition coefficient (Wildman–Crippen LogP) is 4.42. The minimum Gasteiger partial charge on any atom is -0.481 e. The molecule has 0 amide bonds. The lowest BCUT2D eigenvalue weighted by atomic mass is 9.90. The molecule has 1 aromatic carbocycles. The predicted molar refractivity (Wildman–Crippen MR) is 84.6 cm³/mol. The molecule has 2 rings (SSSR count). The molecule has 0 bridgehead atoms. The number of aliphatic carboxylic acids is 1. The monoisotopic (exact) mass is 325 g/mol. The van der Waals surface area contributed by atoms with Gasteiger partial charge in [-0.2, -0.15) is 0 Å². The summed E-state index contributed by atoms with van der Waals surface area (Å²) in [5, 5.41) is 11.5. The van der Waals surface area contributed by atoms with Crippen molar-refractivity contribution in [2.75, 3.05) is 5.75 Å². The van der Waals surface area contributed by atoms with Crippen LogP contribution < -0.4 is 0 Å². The molecule has 3 nitrogen and oxygen atoms in total. The first-order valence-corrected chi connectivity index (χ1v) is 8.35. The van der Waals surface area contributed by atoms with Gasteiger partial charge in [-0.15, -0.1) is 23.1 Å². The van der Waals surface area contributed by atoms with E-state index in [1.807, 2.05) is 13.0 Å². The number of halogens is 1. The van der Waals surface area contributed by atoms with Crippen molar-refractivity contribution in [2.45, 2.75) is 31.1 Å². The van der Waals surface area contributed by atoms with Crippen LogP contribution in [0.1, 0.15) is 26.5 Å². The largest absolute Gasteiger partial charge is 0.481 e. The Morgan fingerprint density at radius 2 is 2.19 bits per heavy atom. The van der Waals surface area contributed by atoms with E-state index in [-0.39, 0.29) is 5.82 Å². The third kappa shape index (κ3) is 3.11. The SMILES string of the molecule is CCSc1cccc(F)c1-c1nc(C(C)(C)C(=O)O)cs1. The zero-order chi connectivity index (χ0) is 15.6. The van der Waals surface area contributed by atoms with Crippen LogP contribution >= 0.6 is 23.1 Å². The van der Waals surface area contributed by atoms with E-state index in [9.17, 15) is 14.3 Å². The number of aromatic nitrogens is 1. The molecule has 0 radical (unpaired) electrons. The zero-order valence-electron chi connectivity index (χ0n) is 12.0. The normalized spacial score (nSPS) is 11.6. The van der Waals surface area contributed by atoms with Crippen LogP contribution in [-0.4, -0.2) is 21.8 Å². The Balaban J connectivity index is 2.50. The second-order valence-electron chi connectivity index (χ2n) is 5.01. The van der Waals surface area contributed by atoms with Crippen molar-refractivity contribution in [3.63, 3.8) is 0 Å². The number of thiazole rings is 1. The quantitative estimate of drug-likeness (QED) is 0.827. The average molecular weight is 325 g/mol. The van der Waals surface area contributed by atoms with E-state index in [2.05, 4.69) is 4.98 Å². The number of benzene rings is 1. The summed E-state index contributed by atoms with van der Waals surface area (Å²) in [5.41, 5.74) is -0.176. The Kier molecular flexibility index (Phi) is 4.68. The van der Waals surface area contributed by atoms with Crippen molar-refractivity contribution in [3.05, 3.63) is 35.1 Å². The van der Waals surface area contributed by atoms with E-state index in [0.29, 0.717) is 16.3 Å². The average Bonchev–Trinajstić information content (AvgIpc) is 2.89. The first-order valence-electron chi connectivity index (χ1n) is 6.49. The zero-order valence-corrected chi connectivity index (χ0v) is 13.6. The molecule has 0 aliphatic heterocycles. The van der Waals surface area contributed by atoms with E-state index in [4.69, 9.17) is 0 Å². The summed E-state index contributed by atoms with van der Waals surface area (Å²) in [6.07, 6.45) is 0. The summed E-state index contributed by atoms with van der Waals surface area (Å²) in [5.74, 6) is -0.450. The van der Waals surface area contributed by atoms with Crippen LogP contribution in [0, 0.1) is 5.82 Å². The van der Waals surface area contributed by atoms with E-state index in [0.717, 1.165) is 10.6 Å². The van der Waals surface area contributed by atoms with Gasteiger partial charge in [0.05, 0.1) is 11.3 Å². The Morgan fingerprint density at radius 3 is 2.81 bits per heavy atom. The summed E-state index contributed by atoms with van der Waals surface area (Å²) in [6, 6.07) is 4.93. The summed E-state index contributed by atoms with van der Waals surface area (Å²) >= 11 is 2.82. The smallest absolute Gasteiger partial charge is 0.315 e. The number of rotatable bonds is 5. The lowest BCUT2D eigenvalue weighted by Gasteiger charge is -2.15. The first-order chi connectivity index (χ1) is 9.87. The van der Waals surface area contributed by atoms with E-state index in [1.165, 1.54) is 17.4 Å². The fourth-order valence-electron chi connectivity index (χ4n) is 1.77. The van der Waals surface area contributed by atoms with Gasteiger partial charge < -0.3 is 5.11 Å². The summed E-state index contributed by atoms with van der Waals surface area (Å²) in [6.45, 7) is 5.19. The van der Waals surface area contributed by atoms with E-state index in [1.54, 1.807) is 37.1 Å². The number of nitrogens with zero attached hydrogens (tertiary/aromatic N) is 1. The molecule has 0 atom stereocenters. The first kappa shape index (κ1) is 16.0. The molecule has 6 heteroatoms. The lowest BCUT2D eigenvalue weighted by molar-refractivity contribution is -0.142. The number of carbonyl (C=O) groups is 1. The molecule has 0 fully saturated rings. The van der Waals surface area contributed by atoms with Gasteiger partial charge in [0.2, 0.25) is 0 Å². The fraction of sp³-hybridized carbons (Fsp3) is 0.333. The van der Waals surface area contributed by atoms with Gasteiger partial charge in [-0.3, -0.25) is 4.79 Å². The minimum absolute atomic E-state index is 0.331. The van der Waals surface area contributed by atoms with Crippen molar-refractivity contribution in [1.29, 1.82) is 0 Å². The van der Waals surface area contributed by atoms with Crippen molar-refractivity contribution in [1.82, 2.24) is 4.98 Å². The lowest BCUT2D eigenvalue weighted by Crippen LogP contribution is -2.28. The molecule has 21 heavy (non-hydrogen) atoms. The van der Waals surface area contributed by atoms with Crippen LogP contribution in [0.3, 0.4) is 0 Å². The summed E-state index contributed by atoms with van der Waals surface area (Å²) in [4.78, 5) is 16.5. The Hall–Kier alpha value is -1.40. The summed E-state index contributed by atoms with van der Waals surface area (Å²) in [7, 11) is 0. The molecule has 0 saturated heterocycles. The molecule has 0 unspecified atom stereocenters.